The molecule has 94 valence electrons. The number of ether oxygens (including phenoxy) is 3. The van der Waals surface area contributed by atoms with E-state index in [9.17, 15) is 4.79 Å². The first kappa shape index (κ1) is 13.4. The summed E-state index contributed by atoms with van der Waals surface area (Å²) >= 11 is 0. The normalized spacial score (nSPS) is 21.1. The van der Waals surface area contributed by atoms with E-state index < -0.39 is 0 Å². The maximum Gasteiger partial charge on any atom is 0.222 e. The van der Waals surface area contributed by atoms with E-state index in [0.29, 0.717) is 13.0 Å². The summed E-state index contributed by atoms with van der Waals surface area (Å²) in [5.74, 6) is -0.00833. The molecule has 5 heteroatoms. The number of rotatable bonds is 6. The van der Waals surface area contributed by atoms with E-state index in [1.165, 1.54) is 0 Å². The Balaban J connectivity index is 2.14. The molecule has 0 aromatic heterocycles. The minimum absolute atomic E-state index is 0.00833. The number of carbonyl (C=O) groups excluding carboxylic acids is 1. The van der Waals surface area contributed by atoms with Gasteiger partial charge in [0.25, 0.3) is 0 Å². The Morgan fingerprint density at radius 3 is 2.75 bits per heavy atom. The summed E-state index contributed by atoms with van der Waals surface area (Å²) in [5.41, 5.74) is 0. The molecular formula is C11H21NO4. The van der Waals surface area contributed by atoms with Crippen LogP contribution < -0.4 is 5.32 Å². The van der Waals surface area contributed by atoms with Crippen molar-refractivity contribution in [1.29, 1.82) is 0 Å². The van der Waals surface area contributed by atoms with Crippen LogP contribution in [0.5, 0.6) is 0 Å². The van der Waals surface area contributed by atoms with Crippen LogP contribution >= 0.6 is 0 Å². The standard InChI is InChI=1S/C11H21NO4/c1-14-11(15-2)8-12-10(13)7-9-5-3-4-6-16-9/h9,11H,3-8H2,1-2H3,(H,12,13). The van der Waals surface area contributed by atoms with Gasteiger partial charge in [0.05, 0.1) is 19.1 Å². The molecule has 0 spiro atoms. The third-order valence-corrected chi connectivity index (χ3v) is 2.68. The van der Waals surface area contributed by atoms with Gasteiger partial charge in [-0.15, -0.1) is 0 Å². The topological polar surface area (TPSA) is 56.8 Å². The van der Waals surface area contributed by atoms with E-state index in [4.69, 9.17) is 14.2 Å². The Kier molecular flexibility index (Phi) is 6.37. The second-order valence-electron chi connectivity index (χ2n) is 3.90. The zero-order valence-electron chi connectivity index (χ0n) is 10.0. The van der Waals surface area contributed by atoms with E-state index >= 15 is 0 Å². The predicted molar refractivity (Wildman–Crippen MR) is 59.0 cm³/mol. The van der Waals surface area contributed by atoms with E-state index in [2.05, 4.69) is 5.32 Å². The fourth-order valence-electron chi connectivity index (χ4n) is 1.71. The van der Waals surface area contributed by atoms with Crippen molar-refractivity contribution in [3.05, 3.63) is 0 Å². The second-order valence-corrected chi connectivity index (χ2v) is 3.90. The molecule has 0 bridgehead atoms. The van der Waals surface area contributed by atoms with Crippen molar-refractivity contribution in [1.82, 2.24) is 5.32 Å². The Morgan fingerprint density at radius 1 is 1.44 bits per heavy atom. The van der Waals surface area contributed by atoms with E-state index in [0.717, 1.165) is 25.9 Å². The molecule has 1 aliphatic rings. The smallest absolute Gasteiger partial charge is 0.222 e. The van der Waals surface area contributed by atoms with Crippen LogP contribution in [0.1, 0.15) is 25.7 Å². The third-order valence-electron chi connectivity index (χ3n) is 2.68. The molecule has 5 nitrogen and oxygen atoms in total. The Morgan fingerprint density at radius 2 is 2.19 bits per heavy atom. The van der Waals surface area contributed by atoms with Crippen molar-refractivity contribution in [2.75, 3.05) is 27.4 Å². The maximum atomic E-state index is 11.5. The van der Waals surface area contributed by atoms with Crippen LogP contribution in [-0.4, -0.2) is 45.7 Å². The summed E-state index contributed by atoms with van der Waals surface area (Å²) < 4.78 is 15.4. The van der Waals surface area contributed by atoms with Crippen LogP contribution in [-0.2, 0) is 19.0 Å². The maximum absolute atomic E-state index is 11.5. The van der Waals surface area contributed by atoms with Crippen LogP contribution in [0.15, 0.2) is 0 Å². The fraction of sp³-hybridized carbons (Fsp3) is 0.909. The lowest BCUT2D eigenvalue weighted by Gasteiger charge is -2.22. The number of nitrogens with one attached hydrogen (secondary N) is 1. The largest absolute Gasteiger partial charge is 0.378 e. The van der Waals surface area contributed by atoms with Gasteiger partial charge < -0.3 is 19.5 Å². The average Bonchev–Trinajstić information content (AvgIpc) is 2.31. The first-order valence-electron chi connectivity index (χ1n) is 5.70. The quantitative estimate of drug-likeness (QED) is 0.683. The van der Waals surface area contributed by atoms with Gasteiger partial charge in [-0.25, -0.2) is 0 Å². The molecule has 1 fully saturated rings. The third kappa shape index (κ3) is 4.92. The van der Waals surface area contributed by atoms with Crippen molar-refractivity contribution >= 4 is 5.91 Å². The summed E-state index contributed by atoms with van der Waals surface area (Å²) in [4.78, 5) is 11.5. The minimum Gasteiger partial charge on any atom is -0.378 e. The van der Waals surface area contributed by atoms with Gasteiger partial charge in [0.15, 0.2) is 6.29 Å². The molecule has 1 aliphatic heterocycles. The van der Waals surface area contributed by atoms with Gasteiger partial charge in [-0.1, -0.05) is 0 Å². The van der Waals surface area contributed by atoms with Crippen LogP contribution in [0.4, 0.5) is 0 Å². The summed E-state index contributed by atoms with van der Waals surface area (Å²) in [7, 11) is 3.09. The summed E-state index contributed by atoms with van der Waals surface area (Å²) in [5, 5.41) is 2.76. The lowest BCUT2D eigenvalue weighted by Crippen LogP contribution is -2.36. The lowest BCUT2D eigenvalue weighted by atomic mass is 10.1. The van der Waals surface area contributed by atoms with Crippen LogP contribution in [0, 0.1) is 0 Å². The monoisotopic (exact) mass is 231 g/mol. The highest BCUT2D eigenvalue weighted by molar-refractivity contribution is 5.76. The Bertz CT molecular complexity index is 200. The number of hydrogen-bond donors (Lipinski definition) is 1. The number of amides is 1. The van der Waals surface area contributed by atoms with Gasteiger partial charge in [-0.3, -0.25) is 4.79 Å². The van der Waals surface area contributed by atoms with Crippen molar-refractivity contribution in [3.8, 4) is 0 Å². The van der Waals surface area contributed by atoms with Crippen molar-refractivity contribution in [2.45, 2.75) is 38.1 Å². The van der Waals surface area contributed by atoms with Crippen LogP contribution in [0.2, 0.25) is 0 Å². The molecule has 0 aromatic carbocycles. The highest BCUT2D eigenvalue weighted by Gasteiger charge is 2.18. The number of hydrogen-bond acceptors (Lipinski definition) is 4. The Labute approximate surface area is 96.4 Å². The zero-order valence-corrected chi connectivity index (χ0v) is 10.0. The van der Waals surface area contributed by atoms with Crippen molar-refractivity contribution in [3.63, 3.8) is 0 Å². The molecule has 1 rings (SSSR count). The number of methoxy groups -OCH3 is 2. The Hall–Kier alpha value is -0.650. The first-order valence-corrected chi connectivity index (χ1v) is 5.70. The van der Waals surface area contributed by atoms with Gasteiger partial charge in [0.2, 0.25) is 5.91 Å². The fourth-order valence-corrected chi connectivity index (χ4v) is 1.71. The van der Waals surface area contributed by atoms with Gasteiger partial charge in [-0.05, 0) is 19.3 Å². The summed E-state index contributed by atoms with van der Waals surface area (Å²) in [6.45, 7) is 1.15. The molecule has 16 heavy (non-hydrogen) atoms. The van der Waals surface area contributed by atoms with Gasteiger partial charge in [-0.2, -0.15) is 0 Å². The summed E-state index contributed by atoms with van der Waals surface area (Å²) in [6, 6.07) is 0. The lowest BCUT2D eigenvalue weighted by molar-refractivity contribution is -0.130. The molecule has 1 amide bonds. The molecule has 0 radical (unpaired) electrons. The van der Waals surface area contributed by atoms with Gasteiger partial charge in [0.1, 0.15) is 0 Å². The highest BCUT2D eigenvalue weighted by Crippen LogP contribution is 2.15. The first-order chi connectivity index (χ1) is 7.76. The van der Waals surface area contributed by atoms with Crippen LogP contribution in [0.3, 0.4) is 0 Å². The molecule has 1 unspecified atom stereocenters. The van der Waals surface area contributed by atoms with Gasteiger partial charge >= 0.3 is 0 Å². The van der Waals surface area contributed by atoms with Crippen LogP contribution in [0.25, 0.3) is 0 Å². The molecule has 0 saturated carbocycles. The molecule has 1 saturated heterocycles. The van der Waals surface area contributed by atoms with Crippen molar-refractivity contribution < 1.29 is 19.0 Å². The molecule has 1 atom stereocenters. The molecule has 0 aliphatic carbocycles. The molecule has 0 aromatic rings. The van der Waals surface area contributed by atoms with E-state index in [-0.39, 0.29) is 18.3 Å². The molecular weight excluding hydrogens is 210 g/mol. The predicted octanol–water partition coefficient (Wildman–Crippen LogP) is 0.681. The van der Waals surface area contributed by atoms with E-state index in [1.807, 2.05) is 0 Å². The SMILES string of the molecule is COC(CNC(=O)CC1CCCCO1)OC. The van der Waals surface area contributed by atoms with Gasteiger partial charge in [0, 0.05) is 20.8 Å². The van der Waals surface area contributed by atoms with E-state index in [1.54, 1.807) is 14.2 Å². The zero-order chi connectivity index (χ0) is 11.8. The number of carbonyl (C=O) groups is 1. The highest BCUT2D eigenvalue weighted by atomic mass is 16.7. The minimum atomic E-state index is -0.378. The van der Waals surface area contributed by atoms with Crippen molar-refractivity contribution in [2.24, 2.45) is 0 Å². The average molecular weight is 231 g/mol. The molecule has 1 N–H and O–H groups in total. The second kappa shape index (κ2) is 7.60. The molecule has 1 heterocycles. The summed E-state index contributed by atoms with van der Waals surface area (Å²) in [6.07, 6.45) is 3.36.